The highest BCUT2D eigenvalue weighted by atomic mass is 19.1. The zero-order valence-electron chi connectivity index (χ0n) is 11.6. The Labute approximate surface area is 118 Å². The number of amides is 1. The summed E-state index contributed by atoms with van der Waals surface area (Å²) < 4.78 is 26.5. The second-order valence-corrected chi connectivity index (χ2v) is 5.37. The van der Waals surface area contributed by atoms with Crippen molar-refractivity contribution >= 4 is 11.6 Å². The number of nitrogens with one attached hydrogen (secondary N) is 2. The molecule has 1 amide bonds. The number of hydrogen-bond donors (Lipinski definition) is 2. The van der Waals surface area contributed by atoms with E-state index in [1.54, 1.807) is 0 Å². The highest BCUT2D eigenvalue weighted by molar-refractivity contribution is 5.91. The highest BCUT2D eigenvalue weighted by Gasteiger charge is 2.16. The van der Waals surface area contributed by atoms with Gasteiger partial charge in [0.2, 0.25) is 0 Å². The van der Waals surface area contributed by atoms with Gasteiger partial charge in [-0.25, -0.2) is 8.78 Å². The van der Waals surface area contributed by atoms with Gasteiger partial charge in [0.25, 0.3) is 5.91 Å². The third kappa shape index (κ3) is 4.56. The minimum atomic E-state index is -0.609. The number of halogens is 2. The van der Waals surface area contributed by atoms with Crippen LogP contribution in [0.4, 0.5) is 14.5 Å². The number of carbonyl (C=O) groups excluding carboxylic acids is 1. The van der Waals surface area contributed by atoms with Crippen LogP contribution in [0, 0.1) is 11.6 Å². The van der Waals surface area contributed by atoms with Crippen molar-refractivity contribution < 1.29 is 18.5 Å². The maximum Gasteiger partial charge on any atom is 0.279 e. The van der Waals surface area contributed by atoms with Gasteiger partial charge in [-0.15, -0.1) is 0 Å². The van der Waals surface area contributed by atoms with E-state index in [1.165, 1.54) is 24.2 Å². The van der Waals surface area contributed by atoms with Crippen LogP contribution in [0.15, 0.2) is 18.2 Å². The Hall–Kier alpha value is -1.49. The molecule has 20 heavy (non-hydrogen) atoms. The number of rotatable bonds is 3. The molecule has 110 valence electrons. The number of anilines is 1. The number of carbonyl (C=O) groups is 1. The standard InChI is InChI=1S/C15H20F2N2O/c16-12-6-7-13(17)14(10-12)18-15(20)11-19-8-4-2-1-3-5-9-19/h6-7,10H,1-5,8-9,11H2,(H,18,20)/p+1. The third-order valence-corrected chi connectivity index (χ3v) is 3.67. The van der Waals surface area contributed by atoms with Gasteiger partial charge in [-0.05, 0) is 37.8 Å². The lowest BCUT2D eigenvalue weighted by Gasteiger charge is -2.21. The smallest absolute Gasteiger partial charge is 0.279 e. The van der Waals surface area contributed by atoms with Gasteiger partial charge in [0.15, 0.2) is 6.54 Å². The van der Waals surface area contributed by atoms with Crippen molar-refractivity contribution in [3.8, 4) is 0 Å². The first-order valence-electron chi connectivity index (χ1n) is 7.23. The molecule has 3 nitrogen and oxygen atoms in total. The minimum absolute atomic E-state index is 0.0820. The van der Waals surface area contributed by atoms with Crippen LogP contribution in [0.1, 0.15) is 32.1 Å². The summed E-state index contributed by atoms with van der Waals surface area (Å²) >= 11 is 0. The van der Waals surface area contributed by atoms with E-state index in [1.807, 2.05) is 0 Å². The topological polar surface area (TPSA) is 33.5 Å². The Balaban J connectivity index is 1.89. The molecule has 2 N–H and O–H groups in total. The molecule has 2 rings (SSSR count). The van der Waals surface area contributed by atoms with Crippen LogP contribution in [0.25, 0.3) is 0 Å². The maximum absolute atomic E-state index is 13.4. The largest absolute Gasteiger partial charge is 0.327 e. The summed E-state index contributed by atoms with van der Waals surface area (Å²) in [4.78, 5) is 13.1. The number of quaternary nitrogens is 1. The van der Waals surface area contributed by atoms with E-state index in [2.05, 4.69) is 5.32 Å². The highest BCUT2D eigenvalue weighted by Crippen LogP contribution is 2.14. The molecule has 0 aromatic heterocycles. The molecule has 0 unspecified atom stereocenters. The van der Waals surface area contributed by atoms with Gasteiger partial charge in [0, 0.05) is 6.07 Å². The summed E-state index contributed by atoms with van der Waals surface area (Å²) in [6.07, 6.45) is 5.94. The molecule has 1 heterocycles. The molecule has 0 bridgehead atoms. The van der Waals surface area contributed by atoms with E-state index in [0.717, 1.165) is 44.1 Å². The van der Waals surface area contributed by atoms with Crippen LogP contribution in [0.2, 0.25) is 0 Å². The van der Waals surface area contributed by atoms with Crippen molar-refractivity contribution in [2.75, 3.05) is 25.0 Å². The molecule has 1 aliphatic heterocycles. The Morgan fingerprint density at radius 3 is 2.45 bits per heavy atom. The average Bonchev–Trinajstić information content (AvgIpc) is 2.37. The normalized spacial score (nSPS) is 17.3. The van der Waals surface area contributed by atoms with Crippen molar-refractivity contribution in [1.29, 1.82) is 0 Å². The lowest BCUT2D eigenvalue weighted by atomic mass is 10.1. The molecule has 0 radical (unpaired) electrons. The summed E-state index contributed by atoms with van der Waals surface area (Å²) in [5.41, 5.74) is -0.0820. The predicted molar refractivity (Wildman–Crippen MR) is 73.6 cm³/mol. The molecule has 1 aromatic carbocycles. The van der Waals surface area contributed by atoms with Crippen LogP contribution >= 0.6 is 0 Å². The fourth-order valence-electron chi connectivity index (χ4n) is 2.60. The Morgan fingerprint density at radius 1 is 1.10 bits per heavy atom. The van der Waals surface area contributed by atoms with Gasteiger partial charge >= 0.3 is 0 Å². The maximum atomic E-state index is 13.4. The lowest BCUT2D eigenvalue weighted by Crippen LogP contribution is -3.13. The zero-order chi connectivity index (χ0) is 14.4. The fraction of sp³-hybridized carbons (Fsp3) is 0.533. The van der Waals surface area contributed by atoms with Gasteiger partial charge < -0.3 is 10.2 Å². The molecular formula is C15H21F2N2O+. The van der Waals surface area contributed by atoms with Crippen molar-refractivity contribution in [1.82, 2.24) is 0 Å². The summed E-state index contributed by atoms with van der Waals surface area (Å²) in [6, 6.07) is 3.07. The Bertz CT molecular complexity index is 457. The van der Waals surface area contributed by atoms with Crippen molar-refractivity contribution in [2.45, 2.75) is 32.1 Å². The Kier molecular flexibility index (Phi) is 5.47. The first-order chi connectivity index (χ1) is 9.65. The van der Waals surface area contributed by atoms with Crippen molar-refractivity contribution in [3.05, 3.63) is 29.8 Å². The summed E-state index contributed by atoms with van der Waals surface area (Å²) in [6.45, 7) is 2.26. The van der Waals surface area contributed by atoms with Crippen molar-refractivity contribution in [2.24, 2.45) is 0 Å². The van der Waals surface area contributed by atoms with Gasteiger partial charge in [-0.1, -0.05) is 6.42 Å². The van der Waals surface area contributed by atoms with E-state index < -0.39 is 11.6 Å². The van der Waals surface area contributed by atoms with Gasteiger partial charge in [-0.3, -0.25) is 4.79 Å². The van der Waals surface area contributed by atoms with Crippen LogP contribution in [-0.4, -0.2) is 25.5 Å². The molecule has 1 saturated heterocycles. The molecule has 5 heteroatoms. The molecule has 0 spiro atoms. The molecule has 1 fully saturated rings. The van der Waals surface area contributed by atoms with E-state index in [9.17, 15) is 13.6 Å². The van der Waals surface area contributed by atoms with Crippen molar-refractivity contribution in [3.63, 3.8) is 0 Å². The van der Waals surface area contributed by atoms with E-state index in [0.29, 0.717) is 6.54 Å². The van der Waals surface area contributed by atoms with E-state index in [4.69, 9.17) is 0 Å². The lowest BCUT2D eigenvalue weighted by molar-refractivity contribution is -0.892. The van der Waals surface area contributed by atoms with Crippen LogP contribution < -0.4 is 10.2 Å². The van der Waals surface area contributed by atoms with Crippen LogP contribution in [0.5, 0.6) is 0 Å². The Morgan fingerprint density at radius 2 is 1.75 bits per heavy atom. The molecule has 0 atom stereocenters. The number of hydrogen-bond acceptors (Lipinski definition) is 1. The zero-order valence-corrected chi connectivity index (χ0v) is 11.6. The minimum Gasteiger partial charge on any atom is -0.327 e. The second-order valence-electron chi connectivity index (χ2n) is 5.37. The fourth-order valence-corrected chi connectivity index (χ4v) is 2.60. The van der Waals surface area contributed by atoms with E-state index >= 15 is 0 Å². The van der Waals surface area contributed by atoms with Crippen LogP contribution in [-0.2, 0) is 4.79 Å². The second kappa shape index (κ2) is 7.33. The van der Waals surface area contributed by atoms with Crippen LogP contribution in [0.3, 0.4) is 0 Å². The quantitative estimate of drug-likeness (QED) is 0.870. The number of likely N-dealkylation sites (tertiary alicyclic amines) is 1. The summed E-state index contributed by atoms with van der Waals surface area (Å²) in [5.74, 6) is -1.42. The molecule has 0 saturated carbocycles. The molecule has 0 aliphatic carbocycles. The van der Waals surface area contributed by atoms with Gasteiger partial charge in [-0.2, -0.15) is 0 Å². The predicted octanol–water partition coefficient (Wildman–Crippen LogP) is 1.75. The molecular weight excluding hydrogens is 262 g/mol. The van der Waals surface area contributed by atoms with E-state index in [-0.39, 0.29) is 11.6 Å². The molecule has 1 aliphatic rings. The monoisotopic (exact) mass is 283 g/mol. The average molecular weight is 283 g/mol. The third-order valence-electron chi connectivity index (χ3n) is 3.67. The SMILES string of the molecule is O=C(C[NH+]1CCCCCCC1)Nc1cc(F)ccc1F. The first-order valence-corrected chi connectivity index (χ1v) is 7.23. The van der Waals surface area contributed by atoms with Gasteiger partial charge in [0.1, 0.15) is 11.6 Å². The summed E-state index contributed by atoms with van der Waals surface area (Å²) in [5, 5.41) is 2.46. The van der Waals surface area contributed by atoms with Gasteiger partial charge in [0.05, 0.1) is 18.8 Å². The number of benzene rings is 1. The molecule has 1 aromatic rings. The summed E-state index contributed by atoms with van der Waals surface area (Å²) in [7, 11) is 0. The first kappa shape index (κ1) is 14.9.